The molecule has 131 heavy (non-hydrogen) atoms. The number of fused-ring (bicyclic) bond motifs is 18. The monoisotopic (exact) mass is 1740 g/mol. The first-order chi connectivity index (χ1) is 64.3. The molecule has 0 radical (unpaired) electrons. The van der Waals surface area contributed by atoms with Crippen molar-refractivity contribution >= 4 is 132 Å². The average Bonchev–Trinajstić information content (AvgIpc) is 1.52. The number of rotatable bonds is 15. The highest BCUT2D eigenvalue weighted by Gasteiger charge is 2.38. The molecule has 0 saturated heterocycles. The molecule has 0 unspecified atom stereocenters. The second kappa shape index (κ2) is 34.3. The highest BCUT2D eigenvalue weighted by molar-refractivity contribution is 9.10. The minimum Gasteiger partial charge on any atom is -0.356 e. The summed E-state index contributed by atoms with van der Waals surface area (Å²) in [6.07, 6.45) is 0. The molecule has 2 aliphatic rings. The Bertz CT molecular complexity index is 7870. The number of benzene rings is 22. The van der Waals surface area contributed by atoms with Crippen LogP contribution in [-0.2, 0) is 10.8 Å². The first kappa shape index (κ1) is 80.9. The molecule has 2 aliphatic carbocycles. The highest BCUT2D eigenvalue weighted by Crippen LogP contribution is 2.55. The second-order valence-electron chi connectivity index (χ2n) is 35.5. The zero-order valence-corrected chi connectivity index (χ0v) is 74.9. The Hall–Kier alpha value is -15.9. The Morgan fingerprint density at radius 1 is 0.168 bits per heavy atom. The van der Waals surface area contributed by atoms with E-state index in [0.29, 0.717) is 0 Å². The fourth-order valence-electron chi connectivity index (χ4n) is 19.9. The number of halogens is 1. The highest BCUT2D eigenvalue weighted by atomic mass is 79.9. The Kier molecular flexibility index (Phi) is 21.2. The van der Waals surface area contributed by atoms with Crippen molar-refractivity contribution in [2.45, 2.75) is 38.5 Å². The molecule has 22 aromatic carbocycles. The molecule has 0 bridgehead atoms. The lowest BCUT2D eigenvalue weighted by Crippen LogP contribution is -2.16. The molecule has 3 N–H and O–H groups in total. The van der Waals surface area contributed by atoms with Crippen molar-refractivity contribution in [3.05, 3.63) is 500 Å². The van der Waals surface area contributed by atoms with Crippen LogP contribution in [0.2, 0.25) is 0 Å². The molecule has 0 aliphatic heterocycles. The van der Waals surface area contributed by atoms with Gasteiger partial charge in [-0.05, 0) is 321 Å². The van der Waals surface area contributed by atoms with E-state index in [1.165, 1.54) is 176 Å². The van der Waals surface area contributed by atoms with Crippen molar-refractivity contribution in [3.8, 4) is 89.0 Å². The van der Waals surface area contributed by atoms with Gasteiger partial charge in [0.15, 0.2) is 0 Å². The van der Waals surface area contributed by atoms with Crippen LogP contribution >= 0.6 is 15.9 Å². The maximum atomic E-state index is 3.67. The predicted molar refractivity (Wildman–Crippen MR) is 564 cm³/mol. The van der Waals surface area contributed by atoms with Crippen LogP contribution < -0.4 is 20.9 Å². The van der Waals surface area contributed by atoms with E-state index in [-0.39, 0.29) is 10.8 Å². The summed E-state index contributed by atoms with van der Waals surface area (Å²) in [6, 6.07) is 171. The smallest absolute Gasteiger partial charge is 0.0465 e. The Balaban J connectivity index is 0.000000128. The number of hydrogen-bond donors (Lipinski definition) is 3. The zero-order valence-electron chi connectivity index (χ0n) is 73.4. The van der Waals surface area contributed by atoms with Gasteiger partial charge in [0.05, 0.1) is 0 Å². The summed E-state index contributed by atoms with van der Waals surface area (Å²) in [7, 11) is 0. The molecule has 0 aromatic heterocycles. The van der Waals surface area contributed by atoms with Gasteiger partial charge in [0.1, 0.15) is 0 Å². The molecular formula is C126H93BrN4. The van der Waals surface area contributed by atoms with Crippen LogP contribution in [0.4, 0.5) is 51.2 Å². The van der Waals surface area contributed by atoms with Crippen LogP contribution in [0.25, 0.3) is 154 Å². The van der Waals surface area contributed by atoms with Crippen LogP contribution in [0.3, 0.4) is 0 Å². The molecule has 624 valence electrons. The summed E-state index contributed by atoms with van der Waals surface area (Å²) in [5.41, 5.74) is 34.9. The largest absolute Gasteiger partial charge is 0.356 e. The molecule has 24 rings (SSSR count). The maximum Gasteiger partial charge on any atom is 0.0465 e. The average molecular weight is 1740 g/mol. The van der Waals surface area contributed by atoms with E-state index in [4.69, 9.17) is 0 Å². The summed E-state index contributed by atoms with van der Waals surface area (Å²) < 4.78 is 1.15. The number of anilines is 9. The topological polar surface area (TPSA) is 39.3 Å². The van der Waals surface area contributed by atoms with E-state index in [1.807, 2.05) is 12.1 Å². The molecule has 0 spiro atoms. The lowest BCUT2D eigenvalue weighted by molar-refractivity contribution is 0.661. The quantitative estimate of drug-likeness (QED) is 0.0895. The van der Waals surface area contributed by atoms with Crippen molar-refractivity contribution in [3.63, 3.8) is 0 Å². The van der Waals surface area contributed by atoms with E-state index in [0.717, 1.165) is 55.7 Å². The SMILES string of the molecule is CC1(C)c2cc(Br)ccc2-c2cc3c4ccccc4c4ccccc4c3cc21.CC1(C)c2cc(N(c3ccc(-c4ccccc4)cc3)c3ccc(-c4ccc(Nc5ccc(-c6ccccc6)cc5)cc4)cc3)ccc2-c2cc3c4ccccc4c4ccccc4c3cc21.c1ccc(-c2ccc(Nc3ccc(-c4ccc(Nc5ccc(-c6ccccc6)cc5)cc4)cc3)cc2)cc1. The zero-order chi connectivity index (χ0) is 88.1. The first-order valence-electron chi connectivity index (χ1n) is 45.2. The molecule has 22 aromatic rings. The van der Waals surface area contributed by atoms with Crippen LogP contribution in [0.1, 0.15) is 49.9 Å². The van der Waals surface area contributed by atoms with E-state index in [9.17, 15) is 0 Å². The van der Waals surface area contributed by atoms with Gasteiger partial charge in [-0.3, -0.25) is 0 Å². The lowest BCUT2D eigenvalue weighted by atomic mass is 9.81. The summed E-state index contributed by atoms with van der Waals surface area (Å²) in [6.45, 7) is 9.48. The predicted octanol–water partition coefficient (Wildman–Crippen LogP) is 36.1. The van der Waals surface area contributed by atoms with Gasteiger partial charge >= 0.3 is 0 Å². The second-order valence-corrected chi connectivity index (χ2v) is 36.4. The summed E-state index contributed by atoms with van der Waals surface area (Å²) in [5, 5.41) is 26.5. The van der Waals surface area contributed by atoms with Gasteiger partial charge in [-0.1, -0.05) is 371 Å². The van der Waals surface area contributed by atoms with Crippen molar-refractivity contribution in [1.29, 1.82) is 0 Å². The standard InChI is InChI=1S/C63H46N2.C36H28N2.C27H19Br/c1-63(2)61-39-52(37-38-57(61)60-40-58-55-19-11-9-17-53(55)54-18-10-12-20-56(54)59(58)41-62(60)63)65(50-33-25-46(26-34-50)43-15-7-4-8-16-43)51-35-27-47(28-36-51)45-23-31-49(32-24-45)64-48-29-21-44(22-30-48)42-13-5-3-6-14-42;1-3-7-27(8-4-1)29-11-19-33(20-12-29)37-35-23-15-31(16-24-35)32-17-25-36(26-18-32)38-34-21-13-30(14-22-34)28-9-5-2-6-10-28;1-27(2)25-13-16(28)11-12-21(25)24-14-22-19-9-5-3-7-17(19)18-8-4-6-10-20(18)23(22)15-26(24)27/h3-41,64H,1-2H3;1-26,37-38H;3-15H,1-2H3. The molecule has 0 amide bonds. The molecule has 4 nitrogen and oxygen atoms in total. The lowest BCUT2D eigenvalue weighted by Gasteiger charge is -2.28. The molecule has 0 atom stereocenters. The van der Waals surface area contributed by atoms with E-state index in [2.05, 4.69) is 526 Å². The summed E-state index contributed by atoms with van der Waals surface area (Å²) in [4.78, 5) is 2.41. The fourth-order valence-corrected chi connectivity index (χ4v) is 20.3. The van der Waals surface area contributed by atoms with Crippen molar-refractivity contribution in [2.24, 2.45) is 0 Å². The summed E-state index contributed by atoms with van der Waals surface area (Å²) >= 11 is 3.67. The maximum absolute atomic E-state index is 3.67. The van der Waals surface area contributed by atoms with Gasteiger partial charge < -0.3 is 20.9 Å². The minimum absolute atomic E-state index is 0.00458. The number of nitrogens with zero attached hydrogens (tertiary/aromatic N) is 1. The van der Waals surface area contributed by atoms with E-state index >= 15 is 0 Å². The van der Waals surface area contributed by atoms with E-state index < -0.39 is 0 Å². The van der Waals surface area contributed by atoms with Crippen LogP contribution in [0.5, 0.6) is 0 Å². The van der Waals surface area contributed by atoms with Crippen molar-refractivity contribution < 1.29 is 0 Å². The Morgan fingerprint density at radius 3 is 0.634 bits per heavy atom. The van der Waals surface area contributed by atoms with Crippen LogP contribution in [0.15, 0.2) is 478 Å². The van der Waals surface area contributed by atoms with Crippen molar-refractivity contribution in [1.82, 2.24) is 0 Å². The van der Waals surface area contributed by atoms with E-state index in [1.54, 1.807) is 0 Å². The van der Waals surface area contributed by atoms with Gasteiger partial charge in [-0.2, -0.15) is 0 Å². The number of hydrogen-bond acceptors (Lipinski definition) is 4. The molecular weight excluding hydrogens is 1650 g/mol. The van der Waals surface area contributed by atoms with Gasteiger partial charge in [0.2, 0.25) is 0 Å². The third-order valence-electron chi connectivity index (χ3n) is 26.8. The first-order valence-corrected chi connectivity index (χ1v) is 46.0. The van der Waals surface area contributed by atoms with Crippen LogP contribution in [0, 0.1) is 0 Å². The molecule has 0 heterocycles. The van der Waals surface area contributed by atoms with Gasteiger partial charge in [0, 0.05) is 66.5 Å². The Labute approximate surface area is 774 Å². The number of nitrogens with one attached hydrogen (secondary N) is 3. The minimum atomic E-state index is -0.207. The van der Waals surface area contributed by atoms with Crippen molar-refractivity contribution in [2.75, 3.05) is 20.9 Å². The summed E-state index contributed by atoms with van der Waals surface area (Å²) in [5.74, 6) is 0. The van der Waals surface area contributed by atoms with Gasteiger partial charge in [-0.25, -0.2) is 0 Å². The fraction of sp³-hybridized carbons (Fsp3) is 0.0476. The van der Waals surface area contributed by atoms with Gasteiger partial charge in [0.25, 0.3) is 0 Å². The third-order valence-corrected chi connectivity index (χ3v) is 27.3. The normalized spacial score (nSPS) is 12.4. The van der Waals surface area contributed by atoms with Crippen LogP contribution in [-0.4, -0.2) is 0 Å². The van der Waals surface area contributed by atoms with Gasteiger partial charge in [-0.15, -0.1) is 0 Å². The Morgan fingerprint density at radius 2 is 0.366 bits per heavy atom. The molecule has 0 saturated carbocycles. The third kappa shape index (κ3) is 15.7. The molecule has 0 fully saturated rings. The molecule has 5 heteroatoms.